The molecule has 0 aromatic heterocycles. The second-order valence-electron chi connectivity index (χ2n) is 12.3. The van der Waals surface area contributed by atoms with Crippen molar-refractivity contribution in [2.24, 2.45) is 0 Å². The number of nitro groups is 1. The maximum absolute atomic E-state index is 12.9. The zero-order chi connectivity index (χ0) is 37.3. The Balaban J connectivity index is 0.000000229. The molecule has 0 saturated carbocycles. The van der Waals surface area contributed by atoms with Gasteiger partial charge in [-0.3, -0.25) is 14.9 Å². The molecule has 51 heavy (non-hydrogen) atoms. The van der Waals surface area contributed by atoms with Crippen molar-refractivity contribution >= 4 is 35.0 Å². The van der Waals surface area contributed by atoms with Crippen LogP contribution in [0.25, 0.3) is 0 Å². The molecule has 3 aromatic carbocycles. The molecule has 1 fully saturated rings. The Labute approximate surface area is 300 Å². The molecular weight excluding hydrogens is 681 g/mol. The number of likely N-dealkylation sites (tertiary alicyclic amines) is 1. The van der Waals surface area contributed by atoms with Crippen molar-refractivity contribution in [1.82, 2.24) is 10.2 Å². The summed E-state index contributed by atoms with van der Waals surface area (Å²) in [6, 6.07) is 19.1. The zero-order valence-corrected chi connectivity index (χ0v) is 29.7. The summed E-state index contributed by atoms with van der Waals surface area (Å²) in [4.78, 5) is 50.0. The van der Waals surface area contributed by atoms with Gasteiger partial charge in [0.1, 0.15) is 5.82 Å². The minimum Gasteiger partial charge on any atom is -0.466 e. The number of ether oxygens (including phenoxy) is 2. The van der Waals surface area contributed by atoms with Gasteiger partial charge < -0.3 is 24.8 Å². The van der Waals surface area contributed by atoms with Crippen LogP contribution in [0.15, 0.2) is 95.3 Å². The highest BCUT2D eigenvalue weighted by atomic mass is 35.5. The first-order valence-corrected chi connectivity index (χ1v) is 16.8. The third-order valence-corrected chi connectivity index (χ3v) is 9.38. The van der Waals surface area contributed by atoms with Crippen LogP contribution in [0.4, 0.5) is 10.1 Å². The molecule has 0 amide bonds. The van der Waals surface area contributed by atoms with Crippen LogP contribution in [0.3, 0.4) is 0 Å². The van der Waals surface area contributed by atoms with Gasteiger partial charge in [-0.15, -0.1) is 0 Å². The van der Waals surface area contributed by atoms with Gasteiger partial charge in [-0.2, -0.15) is 0 Å². The van der Waals surface area contributed by atoms with Crippen molar-refractivity contribution in [3.8, 4) is 0 Å². The summed E-state index contributed by atoms with van der Waals surface area (Å²) in [5.41, 5.74) is 1.86. The Morgan fingerprint density at radius 3 is 2.02 bits per heavy atom. The zero-order valence-electron chi connectivity index (χ0n) is 28.9. The second kappa shape index (κ2) is 17.3. The van der Waals surface area contributed by atoms with E-state index in [2.05, 4.69) is 10.2 Å². The van der Waals surface area contributed by atoms with Crippen LogP contribution in [-0.4, -0.2) is 66.5 Å². The van der Waals surface area contributed by atoms with Crippen molar-refractivity contribution in [3.63, 3.8) is 0 Å². The molecule has 0 bridgehead atoms. The Hall–Kier alpha value is -4.91. The van der Waals surface area contributed by atoms with Crippen LogP contribution in [0, 0.1) is 15.9 Å². The van der Waals surface area contributed by atoms with E-state index < -0.39 is 28.4 Å². The summed E-state index contributed by atoms with van der Waals surface area (Å²) in [6.07, 6.45) is 2.54. The van der Waals surface area contributed by atoms with E-state index in [0.717, 1.165) is 31.6 Å². The van der Waals surface area contributed by atoms with Gasteiger partial charge in [0.15, 0.2) is 5.78 Å². The van der Waals surface area contributed by atoms with Gasteiger partial charge in [0.2, 0.25) is 0 Å². The lowest BCUT2D eigenvalue weighted by Gasteiger charge is -2.38. The van der Waals surface area contributed by atoms with Crippen molar-refractivity contribution in [2.45, 2.75) is 51.0 Å². The van der Waals surface area contributed by atoms with Crippen molar-refractivity contribution in [2.75, 3.05) is 33.9 Å². The number of allylic oxidation sites excluding steroid dienone is 2. The summed E-state index contributed by atoms with van der Waals surface area (Å²) in [6.45, 7) is 5.70. The SMILES string of the molecule is COC(=O)C1=C(C)NC(C)=C(C(=O)OC)C1c1ccccc1[N+](=O)[O-].O=C(CCCN1CCC(O)(c2ccc(Cl)cc2)CC1)c1ccc(F)cc1. The predicted molar refractivity (Wildman–Crippen MR) is 189 cm³/mol. The van der Waals surface area contributed by atoms with E-state index in [1.807, 2.05) is 24.3 Å². The molecule has 0 radical (unpaired) electrons. The molecule has 2 aliphatic heterocycles. The first-order chi connectivity index (χ1) is 24.3. The summed E-state index contributed by atoms with van der Waals surface area (Å²) in [7, 11) is 2.42. The van der Waals surface area contributed by atoms with E-state index in [1.54, 1.807) is 19.9 Å². The average molecular weight is 722 g/mol. The van der Waals surface area contributed by atoms with Crippen LogP contribution < -0.4 is 5.32 Å². The number of ketones is 1. The number of para-hydroxylation sites is 1. The first kappa shape index (κ1) is 38.9. The maximum Gasteiger partial charge on any atom is 0.336 e. The fraction of sp³-hybridized carbons (Fsp3) is 0.342. The summed E-state index contributed by atoms with van der Waals surface area (Å²) in [5.74, 6) is -2.62. The van der Waals surface area contributed by atoms with Gasteiger partial charge in [0.05, 0.1) is 41.8 Å². The lowest BCUT2D eigenvalue weighted by molar-refractivity contribution is -0.385. The van der Waals surface area contributed by atoms with Crippen LogP contribution >= 0.6 is 11.6 Å². The fourth-order valence-electron chi connectivity index (χ4n) is 6.40. The number of carbonyl (C=O) groups excluding carboxylic acids is 3. The Morgan fingerprint density at radius 1 is 0.941 bits per heavy atom. The molecular formula is C38H41ClFN3O8. The summed E-state index contributed by atoms with van der Waals surface area (Å²) in [5, 5.41) is 25.9. The highest BCUT2D eigenvalue weighted by Crippen LogP contribution is 2.42. The van der Waals surface area contributed by atoms with E-state index >= 15 is 0 Å². The number of dihydropyridines is 1. The summed E-state index contributed by atoms with van der Waals surface area (Å²) < 4.78 is 22.6. The molecule has 13 heteroatoms. The lowest BCUT2D eigenvalue weighted by atomic mass is 9.79. The molecule has 0 aliphatic carbocycles. The third kappa shape index (κ3) is 9.46. The van der Waals surface area contributed by atoms with Gasteiger partial charge in [-0.05, 0) is 81.6 Å². The Bertz CT molecular complexity index is 1780. The van der Waals surface area contributed by atoms with Crippen LogP contribution in [0.2, 0.25) is 5.02 Å². The molecule has 0 unspecified atom stereocenters. The largest absolute Gasteiger partial charge is 0.466 e. The average Bonchev–Trinajstić information content (AvgIpc) is 3.12. The number of aliphatic hydroxyl groups is 1. The monoisotopic (exact) mass is 721 g/mol. The molecule has 3 aromatic rings. The standard InChI is InChI=1S/C21H23ClFNO2.C17H18N2O6/c22-18-7-5-17(6-8-18)21(26)11-14-24(15-12-21)13-1-2-20(25)16-3-9-19(23)10-4-16;1-9-13(16(20)24-3)15(14(10(2)18-9)17(21)25-4)11-7-5-6-8-12(11)19(22)23/h3-10,26H,1-2,11-15H2;5-8,15,18H,1-4H3. The molecule has 2 N–H and O–H groups in total. The number of hydrogen-bond donors (Lipinski definition) is 2. The van der Waals surface area contributed by atoms with Crippen molar-refractivity contribution < 1.29 is 38.3 Å². The number of methoxy groups -OCH3 is 2. The first-order valence-electron chi connectivity index (χ1n) is 16.4. The number of Topliss-reactive ketones (excluding diaryl/α,β-unsaturated/α-hetero) is 1. The Kier molecular flexibility index (Phi) is 13.2. The predicted octanol–water partition coefficient (Wildman–Crippen LogP) is 6.60. The van der Waals surface area contributed by atoms with E-state index in [-0.39, 0.29) is 34.0 Å². The van der Waals surface area contributed by atoms with Gasteiger partial charge in [-0.1, -0.05) is 41.9 Å². The number of nitrogens with one attached hydrogen (secondary N) is 1. The molecule has 0 spiro atoms. The number of halogens is 2. The number of nitro benzene ring substituents is 1. The van der Waals surface area contributed by atoms with E-state index in [9.17, 15) is 34.0 Å². The number of piperidine rings is 1. The van der Waals surface area contributed by atoms with Crippen LogP contribution in [0.5, 0.6) is 0 Å². The lowest BCUT2D eigenvalue weighted by Crippen LogP contribution is -2.42. The van der Waals surface area contributed by atoms with E-state index in [4.69, 9.17) is 21.1 Å². The maximum atomic E-state index is 12.9. The molecule has 2 aliphatic rings. The molecule has 11 nitrogen and oxygen atoms in total. The molecule has 0 atom stereocenters. The summed E-state index contributed by atoms with van der Waals surface area (Å²) >= 11 is 5.92. The molecule has 2 heterocycles. The Morgan fingerprint density at radius 2 is 1.49 bits per heavy atom. The van der Waals surface area contributed by atoms with Gasteiger partial charge in [-0.25, -0.2) is 14.0 Å². The molecule has 270 valence electrons. The number of rotatable bonds is 10. The minimum absolute atomic E-state index is 0.0414. The highest BCUT2D eigenvalue weighted by Gasteiger charge is 2.40. The van der Waals surface area contributed by atoms with Gasteiger partial charge in [0.25, 0.3) is 5.69 Å². The second-order valence-corrected chi connectivity index (χ2v) is 12.8. The molecule has 1 saturated heterocycles. The molecule has 5 rings (SSSR count). The third-order valence-electron chi connectivity index (χ3n) is 9.12. The quantitative estimate of drug-likeness (QED) is 0.102. The van der Waals surface area contributed by atoms with Crippen molar-refractivity contribution in [1.29, 1.82) is 0 Å². The van der Waals surface area contributed by atoms with Crippen molar-refractivity contribution in [3.05, 3.63) is 133 Å². The van der Waals surface area contributed by atoms with Gasteiger partial charge >= 0.3 is 11.9 Å². The number of hydrogen-bond acceptors (Lipinski definition) is 10. The normalized spacial score (nSPS) is 16.1. The van der Waals surface area contributed by atoms with E-state index in [1.165, 1.54) is 56.7 Å². The van der Waals surface area contributed by atoms with Gasteiger partial charge in [0, 0.05) is 53.1 Å². The smallest absolute Gasteiger partial charge is 0.336 e. The number of esters is 2. The topological polar surface area (TPSA) is 148 Å². The number of benzene rings is 3. The minimum atomic E-state index is -0.970. The van der Waals surface area contributed by atoms with E-state index in [0.29, 0.717) is 41.2 Å². The van der Waals surface area contributed by atoms with Crippen LogP contribution in [0.1, 0.15) is 66.9 Å². The fourth-order valence-corrected chi connectivity index (χ4v) is 6.53. The van der Waals surface area contributed by atoms with Crippen LogP contribution in [-0.2, 0) is 24.7 Å². The highest BCUT2D eigenvalue weighted by molar-refractivity contribution is 6.30. The number of carbonyl (C=O) groups is 3. The number of nitrogens with zero attached hydrogens (tertiary/aromatic N) is 2.